The number of hydrogen-bond acceptors (Lipinski definition) is 4. The minimum absolute atomic E-state index is 0.250. The Labute approximate surface area is 149 Å². The summed E-state index contributed by atoms with van der Waals surface area (Å²) in [7, 11) is 2.92. The highest BCUT2D eigenvalue weighted by Crippen LogP contribution is 2.31. The lowest BCUT2D eigenvalue weighted by Crippen LogP contribution is -2.48. The Morgan fingerprint density at radius 3 is 2.31 bits per heavy atom. The fraction of sp³-hybridized carbons (Fsp3) is 0.529. The molecule has 1 aliphatic heterocycles. The van der Waals surface area contributed by atoms with Crippen molar-refractivity contribution in [2.75, 3.05) is 27.3 Å². The summed E-state index contributed by atoms with van der Waals surface area (Å²) in [6.07, 6.45) is -3.65. The van der Waals surface area contributed by atoms with E-state index in [0.717, 1.165) is 0 Å². The number of halogens is 3. The third-order valence-electron chi connectivity index (χ3n) is 4.28. The van der Waals surface area contributed by atoms with E-state index in [9.17, 15) is 22.8 Å². The number of carbonyl (C=O) groups excluding carboxylic acids is 2. The van der Waals surface area contributed by atoms with Crippen molar-refractivity contribution in [3.8, 4) is 11.5 Å². The average molecular weight is 374 g/mol. The van der Waals surface area contributed by atoms with E-state index in [0.29, 0.717) is 36.4 Å². The summed E-state index contributed by atoms with van der Waals surface area (Å²) in [5, 5.41) is 1.85. The smallest absolute Gasteiger partial charge is 0.405 e. The number of rotatable bonds is 5. The van der Waals surface area contributed by atoms with Crippen molar-refractivity contribution in [3.63, 3.8) is 0 Å². The number of methoxy groups -OCH3 is 2. The van der Waals surface area contributed by atoms with Gasteiger partial charge in [0, 0.05) is 17.7 Å². The summed E-state index contributed by atoms with van der Waals surface area (Å²) < 4.78 is 47.4. The maximum atomic E-state index is 12.8. The number of nitrogens with zero attached hydrogens (tertiary/aromatic N) is 1. The van der Waals surface area contributed by atoms with Crippen LogP contribution in [0.5, 0.6) is 11.5 Å². The van der Waals surface area contributed by atoms with Crippen LogP contribution in [0.15, 0.2) is 12.1 Å². The Kier molecular flexibility index (Phi) is 5.99. The molecule has 1 aromatic carbocycles. The standard InChI is InChI=1S/C17H21F3N2O4/c1-10-13(25-2)7-11(8-14(10)26-3)16(24)22-6-4-5-12(22)15(23)21-9-17(18,19)20/h7-8,12H,4-6,9H2,1-3H3,(H,21,23). The van der Waals surface area contributed by atoms with Crippen LogP contribution >= 0.6 is 0 Å². The zero-order chi connectivity index (χ0) is 19.5. The van der Waals surface area contributed by atoms with E-state index in [-0.39, 0.29) is 5.56 Å². The normalized spacial score (nSPS) is 17.2. The van der Waals surface area contributed by atoms with Crippen molar-refractivity contribution in [1.29, 1.82) is 0 Å². The summed E-state index contributed by atoms with van der Waals surface area (Å²) in [4.78, 5) is 26.2. The van der Waals surface area contributed by atoms with Gasteiger partial charge in [-0.15, -0.1) is 0 Å². The van der Waals surface area contributed by atoms with Gasteiger partial charge in [0.25, 0.3) is 5.91 Å². The topological polar surface area (TPSA) is 67.9 Å². The summed E-state index contributed by atoms with van der Waals surface area (Å²) in [6.45, 7) is 0.646. The summed E-state index contributed by atoms with van der Waals surface area (Å²) in [6, 6.07) is 2.13. The highest BCUT2D eigenvalue weighted by Gasteiger charge is 2.37. The van der Waals surface area contributed by atoms with Gasteiger partial charge in [-0.05, 0) is 31.9 Å². The molecule has 26 heavy (non-hydrogen) atoms. The molecule has 6 nitrogen and oxygen atoms in total. The van der Waals surface area contributed by atoms with E-state index in [2.05, 4.69) is 0 Å². The minimum Gasteiger partial charge on any atom is -0.496 e. The number of alkyl halides is 3. The van der Waals surface area contributed by atoms with Crippen molar-refractivity contribution in [3.05, 3.63) is 23.3 Å². The Morgan fingerprint density at radius 1 is 1.23 bits per heavy atom. The molecule has 0 radical (unpaired) electrons. The number of hydrogen-bond donors (Lipinski definition) is 1. The molecule has 1 fully saturated rings. The van der Waals surface area contributed by atoms with E-state index in [1.165, 1.54) is 31.3 Å². The van der Waals surface area contributed by atoms with E-state index in [1.54, 1.807) is 6.92 Å². The van der Waals surface area contributed by atoms with Gasteiger partial charge in [-0.1, -0.05) is 0 Å². The van der Waals surface area contributed by atoms with Crippen LogP contribution in [0.25, 0.3) is 0 Å². The van der Waals surface area contributed by atoms with Gasteiger partial charge in [0.2, 0.25) is 5.91 Å². The highest BCUT2D eigenvalue weighted by molar-refractivity contribution is 5.98. The molecule has 2 rings (SSSR count). The number of carbonyl (C=O) groups is 2. The van der Waals surface area contributed by atoms with Gasteiger partial charge in [-0.25, -0.2) is 0 Å². The lowest BCUT2D eigenvalue weighted by molar-refractivity contribution is -0.140. The molecule has 1 heterocycles. The Morgan fingerprint density at radius 2 is 1.81 bits per heavy atom. The molecule has 1 atom stereocenters. The SMILES string of the molecule is COc1cc(C(=O)N2CCCC2C(=O)NCC(F)(F)F)cc(OC)c1C. The largest absolute Gasteiger partial charge is 0.496 e. The van der Waals surface area contributed by atoms with E-state index >= 15 is 0 Å². The molecule has 1 aromatic rings. The molecule has 144 valence electrons. The van der Waals surface area contributed by atoms with Gasteiger partial charge in [0.1, 0.15) is 24.1 Å². The fourth-order valence-electron chi connectivity index (χ4n) is 2.96. The molecule has 1 saturated heterocycles. The number of ether oxygens (including phenoxy) is 2. The summed E-state index contributed by atoms with van der Waals surface area (Å²) in [5.74, 6) is -0.361. The number of benzene rings is 1. The molecular weight excluding hydrogens is 353 g/mol. The number of likely N-dealkylation sites (tertiary alicyclic amines) is 1. The number of nitrogens with one attached hydrogen (secondary N) is 1. The van der Waals surface area contributed by atoms with E-state index in [4.69, 9.17) is 9.47 Å². The fourth-order valence-corrected chi connectivity index (χ4v) is 2.96. The summed E-state index contributed by atoms with van der Waals surface area (Å²) >= 11 is 0. The molecule has 0 bridgehead atoms. The first kappa shape index (κ1) is 19.9. The molecule has 0 aromatic heterocycles. The van der Waals surface area contributed by atoms with Crippen molar-refractivity contribution in [2.45, 2.75) is 32.0 Å². The van der Waals surface area contributed by atoms with Crippen LogP contribution in [0.1, 0.15) is 28.8 Å². The molecule has 2 amide bonds. The molecule has 9 heteroatoms. The van der Waals surface area contributed by atoms with E-state index < -0.39 is 30.6 Å². The van der Waals surface area contributed by atoms with Crippen LogP contribution in [-0.4, -0.2) is 56.2 Å². The monoisotopic (exact) mass is 374 g/mol. The van der Waals surface area contributed by atoms with Crippen LogP contribution in [0.2, 0.25) is 0 Å². The zero-order valence-electron chi connectivity index (χ0n) is 14.8. The second-order valence-corrected chi connectivity index (χ2v) is 6.00. The Hall–Kier alpha value is -2.45. The van der Waals surface area contributed by atoms with Gasteiger partial charge in [0.05, 0.1) is 14.2 Å². The van der Waals surface area contributed by atoms with Crippen molar-refractivity contribution < 1.29 is 32.2 Å². The molecule has 0 aliphatic carbocycles. The lowest BCUT2D eigenvalue weighted by atomic mass is 10.1. The van der Waals surface area contributed by atoms with Crippen molar-refractivity contribution in [1.82, 2.24) is 10.2 Å². The maximum absolute atomic E-state index is 12.8. The van der Waals surface area contributed by atoms with Gasteiger partial charge in [0.15, 0.2) is 0 Å². The molecule has 1 aliphatic rings. The molecule has 1 unspecified atom stereocenters. The first-order valence-electron chi connectivity index (χ1n) is 8.06. The van der Waals surface area contributed by atoms with Crippen LogP contribution < -0.4 is 14.8 Å². The van der Waals surface area contributed by atoms with Gasteiger partial charge < -0.3 is 19.7 Å². The van der Waals surface area contributed by atoms with Gasteiger partial charge in [-0.2, -0.15) is 13.2 Å². The second-order valence-electron chi connectivity index (χ2n) is 6.00. The minimum atomic E-state index is -4.50. The van der Waals surface area contributed by atoms with Crippen LogP contribution in [-0.2, 0) is 4.79 Å². The molecule has 0 saturated carbocycles. The summed E-state index contributed by atoms with van der Waals surface area (Å²) in [5.41, 5.74) is 0.965. The third kappa shape index (κ3) is 4.39. The number of amides is 2. The first-order chi connectivity index (χ1) is 12.2. The quantitative estimate of drug-likeness (QED) is 0.859. The molecule has 1 N–H and O–H groups in total. The Balaban J connectivity index is 2.21. The first-order valence-corrected chi connectivity index (χ1v) is 8.06. The van der Waals surface area contributed by atoms with Crippen LogP contribution in [0, 0.1) is 6.92 Å². The van der Waals surface area contributed by atoms with Gasteiger partial charge >= 0.3 is 6.18 Å². The molecular formula is C17H21F3N2O4. The van der Waals surface area contributed by atoms with Crippen molar-refractivity contribution >= 4 is 11.8 Å². The van der Waals surface area contributed by atoms with E-state index in [1.807, 2.05) is 5.32 Å². The lowest BCUT2D eigenvalue weighted by Gasteiger charge is -2.25. The predicted octanol–water partition coefficient (Wildman–Crippen LogP) is 2.30. The predicted molar refractivity (Wildman–Crippen MR) is 87.4 cm³/mol. The highest BCUT2D eigenvalue weighted by atomic mass is 19.4. The average Bonchev–Trinajstić information content (AvgIpc) is 3.08. The zero-order valence-corrected chi connectivity index (χ0v) is 14.8. The van der Waals surface area contributed by atoms with Crippen molar-refractivity contribution in [2.24, 2.45) is 0 Å². The second kappa shape index (κ2) is 7.84. The maximum Gasteiger partial charge on any atom is 0.405 e. The van der Waals surface area contributed by atoms with Gasteiger partial charge in [-0.3, -0.25) is 9.59 Å². The molecule has 0 spiro atoms. The van der Waals surface area contributed by atoms with Crippen LogP contribution in [0.4, 0.5) is 13.2 Å². The third-order valence-corrected chi connectivity index (χ3v) is 4.28. The Bertz CT molecular complexity index is 666. The van der Waals surface area contributed by atoms with Crippen LogP contribution in [0.3, 0.4) is 0 Å².